The first kappa shape index (κ1) is 54.2. The third kappa shape index (κ3) is 15.8. The molecule has 27 heteroatoms. The van der Waals surface area contributed by atoms with Crippen LogP contribution in [-0.2, 0) is 59.8 Å². The Hall–Kier alpha value is -4.45. The number of non-ortho nitro benzene ring substituents is 1. The number of benzene rings is 1. The lowest BCUT2D eigenvalue weighted by molar-refractivity contribution is -0.384. The summed E-state index contributed by atoms with van der Waals surface area (Å²) in [5.41, 5.74) is -3.81. The number of amides is 3. The average molecular weight is 983 g/mol. The molecule has 4 rings (SSSR count). The number of nitro benzene ring substituents is 1. The zero-order valence-corrected chi connectivity index (χ0v) is 39.9. The normalized spacial score (nSPS) is 29.7. The molecular weight excluding hydrogens is 921 g/mol. The fraction of sp³-hybridized carbons (Fsp3) is 0.718. The van der Waals surface area contributed by atoms with Crippen molar-refractivity contribution in [3.63, 3.8) is 0 Å². The largest absolute Gasteiger partial charge is 0.465 e. The van der Waals surface area contributed by atoms with Gasteiger partial charge in [0, 0.05) is 19.2 Å². The molecule has 2 aliphatic heterocycles. The highest BCUT2D eigenvalue weighted by molar-refractivity contribution is 7.88. The first-order chi connectivity index (χ1) is 30.2. The second-order valence-corrected chi connectivity index (χ2v) is 22.3. The van der Waals surface area contributed by atoms with E-state index in [-0.39, 0.29) is 31.0 Å². The number of alkyl carbamates (subject to hydrolysis) is 3. The van der Waals surface area contributed by atoms with Gasteiger partial charge in [0.05, 0.1) is 54.8 Å². The van der Waals surface area contributed by atoms with E-state index in [4.69, 9.17) is 33.2 Å². The number of aliphatic hydroxyl groups excluding tert-OH is 2. The maximum absolute atomic E-state index is 13.3. The monoisotopic (exact) mass is 982 g/mol. The van der Waals surface area contributed by atoms with Crippen LogP contribution in [0.2, 0.25) is 0 Å². The number of nitro groups is 1. The summed E-state index contributed by atoms with van der Waals surface area (Å²) in [5, 5.41) is 53.8. The Morgan fingerprint density at radius 3 is 2.05 bits per heavy atom. The number of sulfonamides is 2. The van der Waals surface area contributed by atoms with Gasteiger partial charge in [0.2, 0.25) is 26.3 Å². The minimum atomic E-state index is -4.13. The van der Waals surface area contributed by atoms with E-state index in [1.165, 1.54) is 37.3 Å². The standard InChI is InChI=1S/C39H62N6O19S2/c1-37(2,3)63-35(49)41-24-15-14-23(18-40-34(48)58-19-21-12-11-13-22(16-21)45(52)53)60-32(24)61-29-25(42-36(50)64-38(4,5)6)17-26(43-65(9,54)55)30(27(29)46)62-33-28(47)31(39(7,51)20-59-33)44(8)66(10,56)57/h11-14,16,24-33,43,46-47,51H,15,17-20H2,1-10H3,(H,40,48)(H,41,49)(H,42,50)/t24-,25+,26-,27+,28-,29-,30+,31-,32-,33-,39+/m1/s1. The Kier molecular flexibility index (Phi) is 17.4. The number of rotatable bonds is 15. The smallest absolute Gasteiger partial charge is 0.408 e. The molecule has 0 radical (unpaired) electrons. The van der Waals surface area contributed by atoms with Gasteiger partial charge in [-0.1, -0.05) is 12.1 Å². The molecule has 0 spiro atoms. The van der Waals surface area contributed by atoms with E-state index in [1.54, 1.807) is 41.5 Å². The van der Waals surface area contributed by atoms with Gasteiger partial charge in [-0.3, -0.25) is 10.1 Å². The van der Waals surface area contributed by atoms with Crippen molar-refractivity contribution in [2.24, 2.45) is 0 Å². The third-order valence-electron chi connectivity index (χ3n) is 10.1. The summed E-state index contributed by atoms with van der Waals surface area (Å²) in [4.78, 5) is 49.7. The van der Waals surface area contributed by atoms with Crippen LogP contribution < -0.4 is 20.7 Å². The molecule has 7 N–H and O–H groups in total. The lowest BCUT2D eigenvalue weighted by atomic mass is 9.83. The van der Waals surface area contributed by atoms with Crippen molar-refractivity contribution in [3.8, 4) is 0 Å². The van der Waals surface area contributed by atoms with E-state index in [9.17, 15) is 56.7 Å². The maximum atomic E-state index is 13.3. The number of hydrogen-bond acceptors (Lipinski definition) is 19. The molecule has 1 aromatic rings. The summed E-state index contributed by atoms with van der Waals surface area (Å²) < 4.78 is 94.3. The number of carbonyl (C=O) groups excluding carboxylic acids is 3. The summed E-state index contributed by atoms with van der Waals surface area (Å²) in [6.07, 6.45) is -10.7. The van der Waals surface area contributed by atoms with Crippen molar-refractivity contribution in [1.82, 2.24) is 25.0 Å². The SMILES string of the molecule is CN([C@@H]1[C@@H](O)[C@@H](O[C@@H]2[C@@H](O)[C@H](O[C@H]3OC(CNC(=O)OCc4cccc([N+](=O)[O-])c4)=CC[C@H]3NC(=O)OC(C)(C)C)[C@@H](NC(=O)OC(C)(C)C)C[C@H]2NS(C)(=O)=O)OC[C@]1(C)O)S(C)(=O)=O. The Bertz CT molecular complexity index is 2160. The van der Waals surface area contributed by atoms with Crippen LogP contribution in [0.3, 0.4) is 0 Å². The zero-order valence-electron chi connectivity index (χ0n) is 38.3. The zero-order chi connectivity index (χ0) is 49.7. The van der Waals surface area contributed by atoms with Crippen molar-refractivity contribution < 1.29 is 84.6 Å². The third-order valence-corrected chi connectivity index (χ3v) is 12.1. The van der Waals surface area contributed by atoms with E-state index < -0.39 is 134 Å². The van der Waals surface area contributed by atoms with Gasteiger partial charge >= 0.3 is 18.3 Å². The van der Waals surface area contributed by atoms with Gasteiger partial charge in [-0.25, -0.2) is 35.9 Å². The number of nitrogens with zero attached hydrogens (tertiary/aromatic N) is 2. The molecule has 0 aromatic heterocycles. The van der Waals surface area contributed by atoms with Crippen LogP contribution in [0.5, 0.6) is 0 Å². The fourth-order valence-electron chi connectivity index (χ4n) is 7.33. The van der Waals surface area contributed by atoms with Crippen LogP contribution in [-0.4, -0.2) is 170 Å². The topological polar surface area (TPSA) is 339 Å². The number of aliphatic hydroxyl groups is 3. The lowest BCUT2D eigenvalue weighted by Gasteiger charge is -2.50. The number of carbonyl (C=O) groups is 3. The highest BCUT2D eigenvalue weighted by Gasteiger charge is 2.55. The molecule has 2 heterocycles. The van der Waals surface area contributed by atoms with E-state index in [1.807, 2.05) is 0 Å². The van der Waals surface area contributed by atoms with Gasteiger partial charge in [-0.2, -0.15) is 4.31 Å². The molecule has 374 valence electrons. The summed E-state index contributed by atoms with van der Waals surface area (Å²) >= 11 is 0. The highest BCUT2D eigenvalue weighted by Crippen LogP contribution is 2.35. The summed E-state index contributed by atoms with van der Waals surface area (Å²) in [6, 6.07) is 0.0569. The van der Waals surface area contributed by atoms with Crippen molar-refractivity contribution in [2.75, 3.05) is 32.7 Å². The average Bonchev–Trinajstić information content (AvgIpc) is 3.15. The second-order valence-electron chi connectivity index (χ2n) is 18.4. The predicted molar refractivity (Wildman–Crippen MR) is 230 cm³/mol. The van der Waals surface area contributed by atoms with Crippen molar-refractivity contribution >= 4 is 44.0 Å². The summed E-state index contributed by atoms with van der Waals surface area (Å²) in [6.45, 7) is 9.64. The lowest BCUT2D eigenvalue weighted by Crippen LogP contribution is -2.70. The number of nitrogens with one attached hydrogen (secondary N) is 4. The number of hydrogen-bond donors (Lipinski definition) is 7. The van der Waals surface area contributed by atoms with Crippen LogP contribution in [0.1, 0.15) is 66.9 Å². The van der Waals surface area contributed by atoms with Gasteiger partial charge in [0.25, 0.3) is 5.69 Å². The van der Waals surface area contributed by atoms with E-state index in [0.29, 0.717) is 5.56 Å². The predicted octanol–water partition coefficient (Wildman–Crippen LogP) is 0.419. The van der Waals surface area contributed by atoms with Crippen LogP contribution in [0.25, 0.3) is 0 Å². The maximum Gasteiger partial charge on any atom is 0.408 e. The first-order valence-electron chi connectivity index (χ1n) is 20.6. The van der Waals surface area contributed by atoms with Crippen molar-refractivity contribution in [2.45, 2.75) is 146 Å². The molecular formula is C39H62N6O19S2. The van der Waals surface area contributed by atoms with Gasteiger partial charge in [-0.05, 0) is 72.9 Å². The molecule has 1 aliphatic carbocycles. The van der Waals surface area contributed by atoms with Crippen LogP contribution >= 0.6 is 0 Å². The molecule has 0 unspecified atom stereocenters. The molecule has 3 amide bonds. The van der Waals surface area contributed by atoms with Crippen LogP contribution in [0.15, 0.2) is 36.1 Å². The van der Waals surface area contributed by atoms with E-state index in [2.05, 4.69) is 20.7 Å². The Balaban J connectivity index is 1.68. The molecule has 3 aliphatic rings. The molecule has 1 saturated carbocycles. The molecule has 11 atom stereocenters. The summed E-state index contributed by atoms with van der Waals surface area (Å²) in [7, 11) is -7.05. The van der Waals surface area contributed by atoms with Crippen molar-refractivity contribution in [3.05, 3.63) is 51.8 Å². The van der Waals surface area contributed by atoms with Gasteiger partial charge < -0.3 is 64.4 Å². The van der Waals surface area contributed by atoms with Gasteiger partial charge in [-0.15, -0.1) is 0 Å². The Labute approximate surface area is 383 Å². The Morgan fingerprint density at radius 2 is 1.48 bits per heavy atom. The van der Waals surface area contributed by atoms with E-state index in [0.717, 1.165) is 23.9 Å². The highest BCUT2D eigenvalue weighted by atomic mass is 32.2. The number of likely N-dealkylation sites (N-methyl/N-ethyl adjacent to an activating group) is 1. The molecule has 1 saturated heterocycles. The molecule has 0 bridgehead atoms. The van der Waals surface area contributed by atoms with Crippen LogP contribution in [0, 0.1) is 10.1 Å². The molecule has 2 fully saturated rings. The minimum Gasteiger partial charge on any atom is -0.465 e. The fourth-order valence-corrected chi connectivity index (χ4v) is 8.87. The van der Waals surface area contributed by atoms with Crippen molar-refractivity contribution in [1.29, 1.82) is 0 Å². The van der Waals surface area contributed by atoms with Gasteiger partial charge in [0.1, 0.15) is 53.6 Å². The van der Waals surface area contributed by atoms with Gasteiger partial charge in [0.15, 0.2) is 6.29 Å². The second kappa shape index (κ2) is 21.2. The quantitative estimate of drug-likeness (QED) is 0.0711. The molecule has 66 heavy (non-hydrogen) atoms. The number of ether oxygens (including phenoxy) is 7. The van der Waals surface area contributed by atoms with E-state index >= 15 is 0 Å². The van der Waals surface area contributed by atoms with Crippen LogP contribution in [0.4, 0.5) is 20.1 Å². The molecule has 1 aromatic carbocycles. The summed E-state index contributed by atoms with van der Waals surface area (Å²) in [5.74, 6) is 0.0627. The Morgan fingerprint density at radius 1 is 0.909 bits per heavy atom. The minimum absolute atomic E-state index is 0.0356. The first-order valence-corrected chi connectivity index (χ1v) is 24.4. The molecule has 25 nitrogen and oxygen atoms in total.